The van der Waals surface area contributed by atoms with Crippen LogP contribution in [0.1, 0.15) is 36.4 Å². The molecule has 4 rings (SSSR count). The van der Waals surface area contributed by atoms with E-state index in [1.165, 1.54) is 11.1 Å². The molecule has 0 aliphatic rings. The van der Waals surface area contributed by atoms with Crippen molar-refractivity contribution >= 4 is 0 Å². The highest BCUT2D eigenvalue weighted by molar-refractivity contribution is 5.41. The highest BCUT2D eigenvalue weighted by Gasteiger charge is 2.23. The van der Waals surface area contributed by atoms with Gasteiger partial charge >= 0.3 is 0 Å². The first-order chi connectivity index (χ1) is 15.1. The smallest absolute Gasteiger partial charge is 0.130 e. The molecule has 0 aliphatic heterocycles. The minimum absolute atomic E-state index is 0.140. The molecule has 4 nitrogen and oxygen atoms in total. The number of aromatic nitrogens is 2. The molecule has 0 fully saturated rings. The van der Waals surface area contributed by atoms with E-state index in [4.69, 9.17) is 9.47 Å². The van der Waals surface area contributed by atoms with Gasteiger partial charge in [-0.1, -0.05) is 50.2 Å². The van der Waals surface area contributed by atoms with E-state index in [1.807, 2.05) is 60.7 Å². The normalized spacial score (nSPS) is 11.2. The van der Waals surface area contributed by atoms with Crippen LogP contribution >= 0.6 is 0 Å². The molecule has 0 unspecified atom stereocenters. The van der Waals surface area contributed by atoms with Crippen molar-refractivity contribution in [3.63, 3.8) is 0 Å². The second kappa shape index (κ2) is 9.43. The van der Waals surface area contributed by atoms with Gasteiger partial charge in [-0.15, -0.1) is 0 Å². The lowest BCUT2D eigenvalue weighted by Gasteiger charge is -2.26. The van der Waals surface area contributed by atoms with Gasteiger partial charge in [0.1, 0.15) is 24.7 Å². The minimum Gasteiger partial charge on any atom is -0.487 e. The maximum Gasteiger partial charge on any atom is 0.130 e. The van der Waals surface area contributed by atoms with Crippen LogP contribution in [0.15, 0.2) is 97.3 Å². The standard InChI is InChI=1S/C27H26N2O2/c1-27(2,21-9-13-25(14-10-21)30-19-23-7-3-5-17-28-23)22-11-15-26(16-12-22)31-20-24-8-4-6-18-29-24/h3-18H,19-20H2,1-2H3. The van der Waals surface area contributed by atoms with Gasteiger partial charge in [0.15, 0.2) is 0 Å². The average Bonchev–Trinajstić information content (AvgIpc) is 2.83. The second-order valence-electron chi connectivity index (χ2n) is 7.89. The maximum absolute atomic E-state index is 5.86. The predicted molar refractivity (Wildman–Crippen MR) is 122 cm³/mol. The Balaban J connectivity index is 1.39. The van der Waals surface area contributed by atoms with E-state index in [-0.39, 0.29) is 5.41 Å². The van der Waals surface area contributed by atoms with Crippen molar-refractivity contribution in [2.45, 2.75) is 32.5 Å². The minimum atomic E-state index is -0.140. The summed E-state index contributed by atoms with van der Waals surface area (Å²) in [6.07, 6.45) is 3.55. The van der Waals surface area contributed by atoms with Gasteiger partial charge in [0.2, 0.25) is 0 Å². The molecular formula is C27H26N2O2. The van der Waals surface area contributed by atoms with Crippen molar-refractivity contribution < 1.29 is 9.47 Å². The SMILES string of the molecule is CC(C)(c1ccc(OCc2ccccn2)cc1)c1ccc(OCc2ccccn2)cc1. The zero-order valence-corrected chi connectivity index (χ0v) is 17.9. The number of hydrogen-bond donors (Lipinski definition) is 0. The zero-order valence-electron chi connectivity index (χ0n) is 17.9. The van der Waals surface area contributed by atoms with Crippen molar-refractivity contribution in [3.05, 3.63) is 120 Å². The Morgan fingerprint density at radius 2 is 1.00 bits per heavy atom. The molecule has 2 heterocycles. The van der Waals surface area contributed by atoms with Crippen LogP contribution in [0.5, 0.6) is 11.5 Å². The van der Waals surface area contributed by atoms with Gasteiger partial charge in [-0.25, -0.2) is 0 Å². The van der Waals surface area contributed by atoms with Crippen LogP contribution in [0.4, 0.5) is 0 Å². The molecule has 0 amide bonds. The van der Waals surface area contributed by atoms with Crippen molar-refractivity contribution in [2.24, 2.45) is 0 Å². The van der Waals surface area contributed by atoms with Gasteiger partial charge in [-0.3, -0.25) is 9.97 Å². The number of nitrogens with zero attached hydrogens (tertiary/aromatic N) is 2. The number of hydrogen-bond acceptors (Lipinski definition) is 4. The Hall–Kier alpha value is -3.66. The van der Waals surface area contributed by atoms with Crippen molar-refractivity contribution in [2.75, 3.05) is 0 Å². The van der Waals surface area contributed by atoms with E-state index >= 15 is 0 Å². The topological polar surface area (TPSA) is 44.2 Å². The predicted octanol–water partition coefficient (Wildman–Crippen LogP) is 5.96. The van der Waals surface area contributed by atoms with Crippen LogP contribution in [0.2, 0.25) is 0 Å². The van der Waals surface area contributed by atoms with Crippen molar-refractivity contribution in [3.8, 4) is 11.5 Å². The molecule has 0 saturated carbocycles. The van der Waals surface area contributed by atoms with Crippen molar-refractivity contribution in [1.82, 2.24) is 9.97 Å². The Morgan fingerprint density at radius 3 is 1.35 bits per heavy atom. The molecule has 156 valence electrons. The lowest BCUT2D eigenvalue weighted by molar-refractivity contribution is 0.301. The molecule has 0 atom stereocenters. The first kappa shape index (κ1) is 20.6. The molecule has 0 radical (unpaired) electrons. The van der Waals surface area contributed by atoms with Crippen molar-refractivity contribution in [1.29, 1.82) is 0 Å². The lowest BCUT2D eigenvalue weighted by atomic mass is 9.78. The first-order valence-electron chi connectivity index (χ1n) is 10.4. The fourth-order valence-corrected chi connectivity index (χ4v) is 3.38. The number of pyridine rings is 2. The Kier molecular flexibility index (Phi) is 6.27. The summed E-state index contributed by atoms with van der Waals surface area (Å²) >= 11 is 0. The van der Waals surface area contributed by atoms with Crippen LogP contribution in [-0.4, -0.2) is 9.97 Å². The summed E-state index contributed by atoms with van der Waals surface area (Å²) in [5, 5.41) is 0. The highest BCUT2D eigenvalue weighted by Crippen LogP contribution is 2.33. The lowest BCUT2D eigenvalue weighted by Crippen LogP contribution is -2.18. The number of rotatable bonds is 8. The third-order valence-corrected chi connectivity index (χ3v) is 5.38. The molecule has 2 aromatic heterocycles. The Morgan fingerprint density at radius 1 is 0.581 bits per heavy atom. The average molecular weight is 411 g/mol. The summed E-state index contributed by atoms with van der Waals surface area (Å²) in [7, 11) is 0. The van der Waals surface area contributed by atoms with Gasteiger partial charge in [-0.05, 0) is 59.7 Å². The van der Waals surface area contributed by atoms with Gasteiger partial charge in [0, 0.05) is 17.8 Å². The van der Waals surface area contributed by atoms with Crippen LogP contribution in [0.3, 0.4) is 0 Å². The molecule has 4 aromatic rings. The van der Waals surface area contributed by atoms with Gasteiger partial charge < -0.3 is 9.47 Å². The maximum atomic E-state index is 5.86. The fraction of sp³-hybridized carbons (Fsp3) is 0.185. The van der Waals surface area contributed by atoms with E-state index in [1.54, 1.807) is 12.4 Å². The summed E-state index contributed by atoms with van der Waals surface area (Å²) in [6.45, 7) is 5.37. The molecular weight excluding hydrogens is 384 g/mol. The van der Waals surface area contributed by atoms with Gasteiger partial charge in [0.25, 0.3) is 0 Å². The molecule has 0 bridgehead atoms. The highest BCUT2D eigenvalue weighted by atomic mass is 16.5. The molecule has 0 aliphatic carbocycles. The summed E-state index contributed by atoms with van der Waals surface area (Å²) in [5.41, 5.74) is 4.13. The van der Waals surface area contributed by atoms with E-state index < -0.39 is 0 Å². The summed E-state index contributed by atoms with van der Waals surface area (Å²) in [5.74, 6) is 1.67. The van der Waals surface area contributed by atoms with Crippen LogP contribution in [-0.2, 0) is 18.6 Å². The fourth-order valence-electron chi connectivity index (χ4n) is 3.38. The Labute approximate surface area is 183 Å². The van der Waals surface area contributed by atoms with E-state index in [0.29, 0.717) is 13.2 Å². The van der Waals surface area contributed by atoms with Gasteiger partial charge in [-0.2, -0.15) is 0 Å². The summed E-state index contributed by atoms with van der Waals surface area (Å²) in [6, 6.07) is 28.2. The number of benzene rings is 2. The Bertz CT molecular complexity index is 989. The third-order valence-electron chi connectivity index (χ3n) is 5.38. The molecule has 2 aromatic carbocycles. The monoisotopic (exact) mass is 410 g/mol. The van der Waals surface area contributed by atoms with Gasteiger partial charge in [0.05, 0.1) is 11.4 Å². The number of ether oxygens (including phenoxy) is 2. The molecule has 0 N–H and O–H groups in total. The third kappa shape index (κ3) is 5.28. The second-order valence-corrected chi connectivity index (χ2v) is 7.89. The molecule has 0 saturated heterocycles. The zero-order chi connectivity index (χ0) is 21.5. The van der Waals surface area contributed by atoms with E-state index in [2.05, 4.69) is 48.1 Å². The quantitative estimate of drug-likeness (QED) is 0.359. The van der Waals surface area contributed by atoms with Crippen LogP contribution in [0, 0.1) is 0 Å². The van der Waals surface area contributed by atoms with E-state index in [9.17, 15) is 0 Å². The summed E-state index contributed by atoms with van der Waals surface area (Å²) < 4.78 is 11.7. The summed E-state index contributed by atoms with van der Waals surface area (Å²) in [4.78, 5) is 8.58. The largest absolute Gasteiger partial charge is 0.487 e. The molecule has 31 heavy (non-hydrogen) atoms. The van der Waals surface area contributed by atoms with Crippen LogP contribution < -0.4 is 9.47 Å². The van der Waals surface area contributed by atoms with E-state index in [0.717, 1.165) is 22.9 Å². The molecule has 4 heteroatoms. The van der Waals surface area contributed by atoms with Crippen LogP contribution in [0.25, 0.3) is 0 Å². The molecule has 0 spiro atoms. The first-order valence-corrected chi connectivity index (χ1v) is 10.4.